The van der Waals surface area contributed by atoms with Crippen LogP contribution in [0.1, 0.15) is 25.5 Å². The summed E-state index contributed by atoms with van der Waals surface area (Å²) in [6, 6.07) is 7.42. The van der Waals surface area contributed by atoms with Crippen LogP contribution in [0.3, 0.4) is 0 Å². The summed E-state index contributed by atoms with van der Waals surface area (Å²) in [6.07, 6.45) is -0.566. The van der Waals surface area contributed by atoms with Gasteiger partial charge in [0.2, 0.25) is 0 Å². The highest BCUT2D eigenvalue weighted by Gasteiger charge is 2.19. The second-order valence-electron chi connectivity index (χ2n) is 6.07. The normalized spacial score (nSPS) is 13.8. The largest absolute Gasteiger partial charge is 0.387 e. The van der Waals surface area contributed by atoms with Crippen molar-refractivity contribution in [3.8, 4) is 0 Å². The monoisotopic (exact) mass is 284 g/mol. The van der Waals surface area contributed by atoms with E-state index in [1.54, 1.807) is 6.07 Å². The molecule has 0 aromatic heterocycles. The number of nitrogens with one attached hydrogen (secondary N) is 1. The average Bonchev–Trinajstić information content (AvgIpc) is 2.27. The Bertz CT molecular complexity index is 393. The predicted octanol–water partition coefficient (Wildman–Crippen LogP) is 2.55. The van der Waals surface area contributed by atoms with Crippen LogP contribution in [-0.2, 0) is 0 Å². The molecule has 2 N–H and O–H groups in total. The number of aliphatic hydroxyl groups excluding tert-OH is 1. The first kappa shape index (κ1) is 16.4. The number of nitrogens with zero attached hydrogens (tertiary/aromatic N) is 1. The summed E-state index contributed by atoms with van der Waals surface area (Å²) in [5.74, 6) is 0. The molecule has 1 aromatic rings. The van der Waals surface area contributed by atoms with Gasteiger partial charge in [-0.3, -0.25) is 0 Å². The zero-order valence-corrected chi connectivity index (χ0v) is 13.0. The minimum Gasteiger partial charge on any atom is -0.387 e. The van der Waals surface area contributed by atoms with Crippen molar-refractivity contribution in [2.24, 2.45) is 5.41 Å². The second-order valence-corrected chi connectivity index (χ2v) is 6.48. The van der Waals surface area contributed by atoms with Gasteiger partial charge in [0.1, 0.15) is 0 Å². The van der Waals surface area contributed by atoms with Gasteiger partial charge in [-0.05, 0) is 25.6 Å². The molecule has 0 aliphatic carbocycles. The third-order valence-corrected chi connectivity index (χ3v) is 3.29. The third kappa shape index (κ3) is 5.91. The molecule has 1 aromatic carbocycles. The molecule has 108 valence electrons. The SMILES string of the molecule is CN(C)CC(C)(C)CNCC(O)c1ccccc1Cl. The van der Waals surface area contributed by atoms with E-state index in [-0.39, 0.29) is 5.41 Å². The molecule has 1 atom stereocenters. The first-order chi connectivity index (χ1) is 8.82. The molecule has 1 rings (SSSR count). The van der Waals surface area contributed by atoms with Gasteiger partial charge in [0.15, 0.2) is 0 Å². The summed E-state index contributed by atoms with van der Waals surface area (Å²) in [6.45, 7) is 6.79. The van der Waals surface area contributed by atoms with E-state index in [2.05, 4.69) is 38.2 Å². The molecule has 0 heterocycles. The topological polar surface area (TPSA) is 35.5 Å². The summed E-state index contributed by atoms with van der Waals surface area (Å²) in [5.41, 5.74) is 0.950. The van der Waals surface area contributed by atoms with E-state index in [0.717, 1.165) is 18.7 Å². The number of hydrogen-bond donors (Lipinski definition) is 2. The summed E-state index contributed by atoms with van der Waals surface area (Å²) in [7, 11) is 4.14. The minimum absolute atomic E-state index is 0.170. The summed E-state index contributed by atoms with van der Waals surface area (Å²) < 4.78 is 0. The van der Waals surface area contributed by atoms with Gasteiger partial charge < -0.3 is 15.3 Å². The van der Waals surface area contributed by atoms with E-state index in [9.17, 15) is 5.11 Å². The molecule has 0 aliphatic rings. The maximum Gasteiger partial charge on any atom is 0.0928 e. The Morgan fingerprint density at radius 1 is 1.32 bits per heavy atom. The minimum atomic E-state index is -0.566. The van der Waals surface area contributed by atoms with Crippen LogP contribution in [0, 0.1) is 5.41 Å². The number of rotatable bonds is 7. The molecule has 0 aliphatic heterocycles. The van der Waals surface area contributed by atoms with Gasteiger partial charge in [0.25, 0.3) is 0 Å². The zero-order chi connectivity index (χ0) is 14.5. The molecule has 19 heavy (non-hydrogen) atoms. The van der Waals surface area contributed by atoms with E-state index in [1.807, 2.05) is 18.2 Å². The van der Waals surface area contributed by atoms with E-state index in [0.29, 0.717) is 11.6 Å². The summed E-state index contributed by atoms with van der Waals surface area (Å²) in [4.78, 5) is 2.17. The molecule has 0 spiro atoms. The van der Waals surface area contributed by atoms with E-state index in [4.69, 9.17) is 11.6 Å². The van der Waals surface area contributed by atoms with Crippen molar-refractivity contribution in [3.05, 3.63) is 34.9 Å². The van der Waals surface area contributed by atoms with Crippen molar-refractivity contribution < 1.29 is 5.11 Å². The average molecular weight is 285 g/mol. The van der Waals surface area contributed by atoms with Crippen molar-refractivity contribution in [1.29, 1.82) is 0 Å². The molecule has 0 saturated carbocycles. The highest BCUT2D eigenvalue weighted by Crippen LogP contribution is 2.22. The van der Waals surface area contributed by atoms with Crippen LogP contribution < -0.4 is 5.32 Å². The van der Waals surface area contributed by atoms with E-state index in [1.165, 1.54) is 0 Å². The fraction of sp³-hybridized carbons (Fsp3) is 0.600. The van der Waals surface area contributed by atoms with E-state index < -0.39 is 6.10 Å². The van der Waals surface area contributed by atoms with Crippen LogP contribution in [0.25, 0.3) is 0 Å². The Morgan fingerprint density at radius 2 is 1.95 bits per heavy atom. The van der Waals surface area contributed by atoms with Crippen molar-refractivity contribution in [1.82, 2.24) is 10.2 Å². The molecular formula is C15H25ClN2O. The van der Waals surface area contributed by atoms with Crippen LogP contribution in [-0.4, -0.2) is 43.7 Å². The van der Waals surface area contributed by atoms with Gasteiger partial charge in [0, 0.05) is 30.2 Å². The fourth-order valence-corrected chi connectivity index (χ4v) is 2.58. The molecule has 0 amide bonds. The van der Waals surface area contributed by atoms with Crippen LogP contribution in [0.2, 0.25) is 5.02 Å². The van der Waals surface area contributed by atoms with Gasteiger partial charge in [0.05, 0.1) is 6.10 Å². The molecule has 0 bridgehead atoms. The Balaban J connectivity index is 2.43. The summed E-state index contributed by atoms with van der Waals surface area (Å²) >= 11 is 6.06. The predicted molar refractivity (Wildman–Crippen MR) is 81.6 cm³/mol. The lowest BCUT2D eigenvalue weighted by molar-refractivity contribution is 0.162. The molecule has 0 saturated heterocycles. The second kappa shape index (κ2) is 7.25. The fourth-order valence-electron chi connectivity index (χ4n) is 2.31. The lowest BCUT2D eigenvalue weighted by Gasteiger charge is -2.29. The summed E-state index contributed by atoms with van der Waals surface area (Å²) in [5, 5.41) is 14.1. The van der Waals surface area contributed by atoms with Gasteiger partial charge in [-0.1, -0.05) is 43.6 Å². The number of hydrogen-bond acceptors (Lipinski definition) is 3. The lowest BCUT2D eigenvalue weighted by atomic mass is 9.93. The van der Waals surface area contributed by atoms with Crippen LogP contribution in [0.4, 0.5) is 0 Å². The van der Waals surface area contributed by atoms with Crippen LogP contribution in [0.15, 0.2) is 24.3 Å². The van der Waals surface area contributed by atoms with Crippen molar-refractivity contribution >= 4 is 11.6 Å². The van der Waals surface area contributed by atoms with Gasteiger partial charge in [-0.15, -0.1) is 0 Å². The lowest BCUT2D eigenvalue weighted by Crippen LogP contribution is -2.38. The van der Waals surface area contributed by atoms with Crippen LogP contribution in [0.5, 0.6) is 0 Å². The molecule has 0 fully saturated rings. The maximum atomic E-state index is 10.1. The van der Waals surface area contributed by atoms with Crippen molar-refractivity contribution in [2.45, 2.75) is 20.0 Å². The molecule has 0 radical (unpaired) electrons. The molecule has 1 unspecified atom stereocenters. The first-order valence-electron chi connectivity index (χ1n) is 6.60. The maximum absolute atomic E-state index is 10.1. The Hall–Kier alpha value is -0.610. The first-order valence-corrected chi connectivity index (χ1v) is 6.97. The smallest absolute Gasteiger partial charge is 0.0928 e. The number of benzene rings is 1. The Kier molecular flexibility index (Phi) is 6.27. The van der Waals surface area contributed by atoms with E-state index >= 15 is 0 Å². The molecule has 4 heteroatoms. The van der Waals surface area contributed by atoms with Crippen molar-refractivity contribution in [2.75, 3.05) is 33.7 Å². The van der Waals surface area contributed by atoms with Crippen LogP contribution >= 0.6 is 11.6 Å². The Labute approximate surface area is 121 Å². The number of aliphatic hydroxyl groups is 1. The van der Waals surface area contributed by atoms with Gasteiger partial charge in [-0.2, -0.15) is 0 Å². The standard InChI is InChI=1S/C15H25ClN2O/c1-15(2,11-18(3)4)10-17-9-14(19)12-7-5-6-8-13(12)16/h5-8,14,17,19H,9-11H2,1-4H3. The highest BCUT2D eigenvalue weighted by molar-refractivity contribution is 6.31. The van der Waals surface area contributed by atoms with Gasteiger partial charge in [-0.25, -0.2) is 0 Å². The third-order valence-electron chi connectivity index (χ3n) is 2.95. The van der Waals surface area contributed by atoms with Crippen molar-refractivity contribution in [3.63, 3.8) is 0 Å². The van der Waals surface area contributed by atoms with Gasteiger partial charge >= 0.3 is 0 Å². The Morgan fingerprint density at radius 3 is 2.53 bits per heavy atom. The zero-order valence-electron chi connectivity index (χ0n) is 12.3. The number of halogens is 1. The molecule has 3 nitrogen and oxygen atoms in total. The highest BCUT2D eigenvalue weighted by atomic mass is 35.5. The molecular weight excluding hydrogens is 260 g/mol. The quantitative estimate of drug-likeness (QED) is 0.808.